The van der Waals surface area contributed by atoms with Gasteiger partial charge in [-0.25, -0.2) is 4.98 Å². The predicted octanol–water partition coefficient (Wildman–Crippen LogP) is 8.32. The van der Waals surface area contributed by atoms with Crippen molar-refractivity contribution in [1.29, 1.82) is 5.26 Å². The number of halogens is 1. The number of anilines is 1. The molecule has 0 aliphatic carbocycles. The molecule has 0 saturated carbocycles. The van der Waals surface area contributed by atoms with Crippen molar-refractivity contribution in [3.63, 3.8) is 0 Å². The Balaban J connectivity index is 0.859. The minimum atomic E-state index is -0.828. The monoisotopic (exact) mass is 933 g/mol. The molecule has 0 spiro atoms. The summed E-state index contributed by atoms with van der Waals surface area (Å²) in [5.74, 6) is -1.03. The van der Waals surface area contributed by atoms with Crippen LogP contribution in [0, 0.1) is 23.7 Å². The molecular weight excluding hydrogens is 874 g/mol. The molecule has 1 saturated heterocycles. The minimum Gasteiger partial charge on any atom is -0.385 e. The summed E-state index contributed by atoms with van der Waals surface area (Å²) in [7, 11) is 0. The van der Waals surface area contributed by atoms with Crippen LogP contribution in [0.4, 0.5) is 5.69 Å². The molecule has 3 heterocycles. The van der Waals surface area contributed by atoms with E-state index in [1.54, 1.807) is 51.3 Å². The van der Waals surface area contributed by atoms with Crippen molar-refractivity contribution in [2.75, 3.05) is 31.6 Å². The summed E-state index contributed by atoms with van der Waals surface area (Å²) >= 11 is 7.79. The average molecular weight is 935 g/mol. The molecule has 14 nitrogen and oxygen atoms in total. The molecule has 6 rings (SSSR count). The van der Waals surface area contributed by atoms with E-state index in [4.69, 9.17) is 21.6 Å². The minimum absolute atomic E-state index is 0.167. The van der Waals surface area contributed by atoms with Gasteiger partial charge in [-0.1, -0.05) is 62.7 Å². The molecule has 4 atom stereocenters. The number of aromatic nitrogens is 3. The Kier molecular flexibility index (Phi) is 17.1. The van der Waals surface area contributed by atoms with Crippen molar-refractivity contribution in [3.8, 4) is 27.8 Å². The van der Waals surface area contributed by atoms with Gasteiger partial charge in [0.1, 0.15) is 24.8 Å². The number of nitriles is 1. The lowest BCUT2D eigenvalue weighted by Gasteiger charge is -2.35. The number of unbranched alkanes of at least 4 members (excludes halogenated alkanes) is 2. The van der Waals surface area contributed by atoms with E-state index >= 15 is 0 Å². The van der Waals surface area contributed by atoms with E-state index in [-0.39, 0.29) is 42.3 Å². The van der Waals surface area contributed by atoms with E-state index in [0.29, 0.717) is 48.7 Å². The fourth-order valence-electron chi connectivity index (χ4n) is 7.87. The van der Waals surface area contributed by atoms with Gasteiger partial charge in [0.25, 0.3) is 5.91 Å². The summed E-state index contributed by atoms with van der Waals surface area (Å²) in [5, 5.41) is 26.5. The first kappa shape index (κ1) is 49.4. The molecule has 66 heavy (non-hydrogen) atoms. The van der Waals surface area contributed by atoms with Gasteiger partial charge in [-0.15, -0.1) is 11.3 Å². The Morgan fingerprint density at radius 3 is 2.38 bits per heavy atom. The fraction of sp³-hybridized carbons (Fsp3) is 0.420. The van der Waals surface area contributed by atoms with Crippen LogP contribution in [0.15, 0.2) is 84.5 Å². The molecular formula is C50H60ClN9O5S. The zero-order valence-corrected chi connectivity index (χ0v) is 40.1. The number of benzene rings is 3. The van der Waals surface area contributed by atoms with Crippen LogP contribution in [0.2, 0.25) is 5.02 Å². The number of carbonyl (C=O) groups is 4. The normalized spacial score (nSPS) is 15.1. The number of hydrogen-bond acceptors (Lipinski definition) is 10. The molecule has 3 aromatic carbocycles. The first-order valence-corrected chi connectivity index (χ1v) is 23.7. The largest absolute Gasteiger partial charge is 0.385 e. The molecule has 2 aromatic heterocycles. The first-order chi connectivity index (χ1) is 31.6. The molecule has 0 bridgehead atoms. The van der Waals surface area contributed by atoms with E-state index in [9.17, 15) is 19.2 Å². The number of likely N-dealkylation sites (tertiary alicyclic amines) is 1. The molecule has 4 N–H and O–H groups in total. The van der Waals surface area contributed by atoms with Crippen molar-refractivity contribution >= 4 is 52.3 Å². The Morgan fingerprint density at radius 1 is 0.955 bits per heavy atom. The Labute approximate surface area is 396 Å². The quantitative estimate of drug-likeness (QED) is 0.0558. The summed E-state index contributed by atoms with van der Waals surface area (Å²) in [5.41, 5.74) is 7.66. The standard InChI is InChI=1S/C50H60ClN9O5S/c1-32(29-59-25-22-42(58-59)38-16-17-39(28-52)41(51)27-38)55-47(62)37-18-20-40(21-19-37)53-23-8-7-9-26-65-30-44(61)57-46(50(4,5)6)49(64)60-24-10-11-43(60)48(63)56-33(2)35-12-14-36(15-13-35)45-34(3)54-31-66-45/h12-22,25,27,31-33,43,46,53H,7-11,23-24,26,29-30H2,1-6H3,(H,55,62)(H,56,63)(H,57,61)/t32-,33-,43?,46?/m0/s1. The van der Waals surface area contributed by atoms with Gasteiger partial charge < -0.3 is 30.9 Å². The van der Waals surface area contributed by atoms with Gasteiger partial charge in [-0.05, 0) is 112 Å². The summed E-state index contributed by atoms with van der Waals surface area (Å²) in [4.78, 5) is 60.7. The average Bonchev–Trinajstić information content (AvgIpc) is 4.08. The van der Waals surface area contributed by atoms with Crippen LogP contribution in [0.1, 0.15) is 99.9 Å². The second-order valence-corrected chi connectivity index (χ2v) is 19.2. The number of ether oxygens (including phenoxy) is 1. The third-order valence-electron chi connectivity index (χ3n) is 11.6. The van der Waals surface area contributed by atoms with Gasteiger partial charge in [0.2, 0.25) is 17.7 Å². The third-order valence-corrected chi connectivity index (χ3v) is 12.9. The van der Waals surface area contributed by atoms with Crippen LogP contribution in [0.5, 0.6) is 0 Å². The van der Waals surface area contributed by atoms with Crippen molar-refractivity contribution in [2.45, 2.75) is 104 Å². The van der Waals surface area contributed by atoms with E-state index < -0.39 is 17.5 Å². The fourth-order valence-corrected chi connectivity index (χ4v) is 8.91. The van der Waals surface area contributed by atoms with E-state index in [0.717, 1.165) is 64.4 Å². The summed E-state index contributed by atoms with van der Waals surface area (Å²) in [6.45, 7) is 13.4. The zero-order chi connectivity index (χ0) is 47.4. The highest BCUT2D eigenvalue weighted by molar-refractivity contribution is 7.13. The SMILES string of the molecule is Cc1ncsc1-c1ccc([C@H](C)NC(=O)C2CCCN2C(=O)C(NC(=O)COCCCCCNc2ccc(C(=O)N[C@@H](C)Cn3ccc(-c4ccc(C#N)c(Cl)c4)n3)cc2)C(C)(C)C)cc1. The van der Waals surface area contributed by atoms with Crippen LogP contribution in [-0.4, -0.2) is 87.7 Å². The molecule has 16 heteroatoms. The number of thiazole rings is 1. The van der Waals surface area contributed by atoms with Crippen LogP contribution >= 0.6 is 22.9 Å². The Hall–Kier alpha value is -6.08. The third kappa shape index (κ3) is 13.3. The lowest BCUT2D eigenvalue weighted by atomic mass is 9.85. The lowest BCUT2D eigenvalue weighted by molar-refractivity contribution is -0.144. The highest BCUT2D eigenvalue weighted by atomic mass is 35.5. The number of rotatable bonds is 20. The maximum Gasteiger partial charge on any atom is 0.251 e. The summed E-state index contributed by atoms with van der Waals surface area (Å²) in [6.07, 6.45) is 5.62. The molecule has 1 aliphatic rings. The first-order valence-electron chi connectivity index (χ1n) is 22.5. The summed E-state index contributed by atoms with van der Waals surface area (Å²) < 4.78 is 7.47. The van der Waals surface area contributed by atoms with Crippen LogP contribution in [-0.2, 0) is 25.7 Å². The zero-order valence-electron chi connectivity index (χ0n) is 38.5. The highest BCUT2D eigenvalue weighted by Crippen LogP contribution is 2.30. The number of hydrogen-bond donors (Lipinski definition) is 4. The van der Waals surface area contributed by atoms with Gasteiger partial charge >= 0.3 is 0 Å². The van der Waals surface area contributed by atoms with E-state index in [1.165, 1.54) is 0 Å². The number of nitrogens with one attached hydrogen (secondary N) is 4. The molecule has 0 radical (unpaired) electrons. The lowest BCUT2D eigenvalue weighted by Crippen LogP contribution is -2.58. The smallest absolute Gasteiger partial charge is 0.251 e. The Morgan fingerprint density at radius 2 is 1.70 bits per heavy atom. The van der Waals surface area contributed by atoms with Gasteiger partial charge in [0.15, 0.2) is 0 Å². The van der Waals surface area contributed by atoms with Crippen LogP contribution in [0.25, 0.3) is 21.7 Å². The van der Waals surface area contributed by atoms with Gasteiger partial charge in [0.05, 0.1) is 44.9 Å². The van der Waals surface area contributed by atoms with Crippen molar-refractivity contribution in [3.05, 3.63) is 112 Å². The molecule has 1 fully saturated rings. The van der Waals surface area contributed by atoms with Gasteiger partial charge in [-0.2, -0.15) is 10.4 Å². The van der Waals surface area contributed by atoms with E-state index in [1.807, 2.05) is 95.7 Å². The van der Waals surface area contributed by atoms with E-state index in [2.05, 4.69) is 37.4 Å². The van der Waals surface area contributed by atoms with Crippen LogP contribution < -0.4 is 21.3 Å². The topological polar surface area (TPSA) is 183 Å². The number of carbonyl (C=O) groups excluding carboxylic acids is 4. The second kappa shape index (κ2) is 22.9. The molecule has 1 aliphatic heterocycles. The Bertz CT molecular complexity index is 2490. The maximum absolute atomic E-state index is 14.0. The predicted molar refractivity (Wildman–Crippen MR) is 259 cm³/mol. The van der Waals surface area contributed by atoms with Gasteiger partial charge in [0, 0.05) is 48.7 Å². The van der Waals surface area contributed by atoms with Crippen molar-refractivity contribution in [2.24, 2.45) is 5.41 Å². The van der Waals surface area contributed by atoms with Crippen molar-refractivity contribution < 1.29 is 23.9 Å². The number of aryl methyl sites for hydroxylation is 1. The maximum atomic E-state index is 14.0. The van der Waals surface area contributed by atoms with Crippen molar-refractivity contribution in [1.82, 2.24) is 35.6 Å². The molecule has 2 unspecified atom stereocenters. The van der Waals surface area contributed by atoms with Crippen LogP contribution in [0.3, 0.4) is 0 Å². The second-order valence-electron chi connectivity index (χ2n) is 17.9. The molecule has 5 aromatic rings. The molecule has 348 valence electrons. The summed E-state index contributed by atoms with van der Waals surface area (Å²) in [6, 6.07) is 22.7. The molecule has 4 amide bonds. The number of nitrogens with zero attached hydrogens (tertiary/aromatic N) is 5. The van der Waals surface area contributed by atoms with Gasteiger partial charge in [-0.3, -0.25) is 23.9 Å². The highest BCUT2D eigenvalue weighted by Gasteiger charge is 2.42. The number of amides is 4.